The van der Waals surface area contributed by atoms with Crippen LogP contribution in [0.2, 0.25) is 5.02 Å². The summed E-state index contributed by atoms with van der Waals surface area (Å²) in [5.74, 6) is -1.12. The average Bonchev–Trinajstić information content (AvgIpc) is 2.44. The first kappa shape index (κ1) is 18.0. The van der Waals surface area contributed by atoms with Gasteiger partial charge in [-0.15, -0.1) is 0 Å². The Kier molecular flexibility index (Phi) is 6.84. The molecule has 0 bridgehead atoms. The van der Waals surface area contributed by atoms with Crippen LogP contribution in [0.5, 0.6) is 5.75 Å². The van der Waals surface area contributed by atoms with Gasteiger partial charge in [0.2, 0.25) is 0 Å². The summed E-state index contributed by atoms with van der Waals surface area (Å²) >= 11 is 5.78. The highest BCUT2D eigenvalue weighted by Gasteiger charge is 2.13. The van der Waals surface area contributed by atoms with E-state index < -0.39 is 18.6 Å². The molecule has 6 nitrogen and oxygen atoms in total. The van der Waals surface area contributed by atoms with Crippen LogP contribution >= 0.6 is 11.6 Å². The van der Waals surface area contributed by atoms with Gasteiger partial charge in [0.15, 0.2) is 0 Å². The van der Waals surface area contributed by atoms with Gasteiger partial charge >= 0.3 is 18.6 Å². The number of alkyl halides is 2. The largest absolute Gasteiger partial charge is 0.481 e. The van der Waals surface area contributed by atoms with Crippen molar-refractivity contribution in [3.05, 3.63) is 28.8 Å². The lowest BCUT2D eigenvalue weighted by atomic mass is 10.2. The summed E-state index contributed by atoms with van der Waals surface area (Å²) in [6, 6.07) is 3.54. The van der Waals surface area contributed by atoms with Crippen LogP contribution in [-0.4, -0.2) is 42.2 Å². The van der Waals surface area contributed by atoms with Gasteiger partial charge in [0.25, 0.3) is 0 Å². The third-order valence-corrected chi connectivity index (χ3v) is 2.91. The molecule has 0 unspecified atom stereocenters. The minimum Gasteiger partial charge on any atom is -0.481 e. The number of nitrogens with zero attached hydrogens (tertiary/aromatic N) is 1. The first-order chi connectivity index (χ1) is 10.3. The second-order valence-corrected chi connectivity index (χ2v) is 4.79. The summed E-state index contributed by atoms with van der Waals surface area (Å²) in [5.41, 5.74) is 0.285. The van der Waals surface area contributed by atoms with Gasteiger partial charge in [-0.05, 0) is 18.2 Å². The first-order valence-corrected chi connectivity index (χ1v) is 6.61. The molecule has 22 heavy (non-hydrogen) atoms. The molecule has 122 valence electrons. The maximum Gasteiger partial charge on any atom is 0.387 e. The molecule has 0 heterocycles. The third-order valence-electron chi connectivity index (χ3n) is 2.68. The Balaban J connectivity index is 2.64. The van der Waals surface area contributed by atoms with Crippen LogP contribution in [0.4, 0.5) is 13.6 Å². The zero-order chi connectivity index (χ0) is 16.7. The van der Waals surface area contributed by atoms with Crippen LogP contribution < -0.4 is 10.1 Å². The van der Waals surface area contributed by atoms with E-state index in [1.165, 1.54) is 30.1 Å². The van der Waals surface area contributed by atoms with Crippen molar-refractivity contribution in [1.82, 2.24) is 10.2 Å². The van der Waals surface area contributed by atoms with E-state index in [4.69, 9.17) is 16.7 Å². The summed E-state index contributed by atoms with van der Waals surface area (Å²) in [6.07, 6.45) is -0.194. The molecule has 1 aromatic carbocycles. The summed E-state index contributed by atoms with van der Waals surface area (Å²) in [6.45, 7) is -3.05. The molecule has 0 saturated heterocycles. The topological polar surface area (TPSA) is 78.9 Å². The molecule has 2 amide bonds. The van der Waals surface area contributed by atoms with Crippen molar-refractivity contribution < 1.29 is 28.2 Å². The molecule has 0 atom stereocenters. The van der Waals surface area contributed by atoms with Crippen molar-refractivity contribution in [2.75, 3.05) is 13.6 Å². The first-order valence-electron chi connectivity index (χ1n) is 6.23. The number of rotatable bonds is 7. The minimum absolute atomic E-state index is 0.0249. The Morgan fingerprint density at radius 3 is 2.73 bits per heavy atom. The van der Waals surface area contributed by atoms with Crippen LogP contribution in [-0.2, 0) is 11.3 Å². The summed E-state index contributed by atoms with van der Waals surface area (Å²) < 4.78 is 28.9. The maximum absolute atomic E-state index is 12.3. The van der Waals surface area contributed by atoms with Gasteiger partial charge in [0.1, 0.15) is 5.75 Å². The molecule has 0 aliphatic carbocycles. The van der Waals surface area contributed by atoms with E-state index in [9.17, 15) is 18.4 Å². The predicted octanol–water partition coefficient (Wildman–Crippen LogP) is 2.56. The number of urea groups is 1. The Hall–Kier alpha value is -2.09. The van der Waals surface area contributed by atoms with Gasteiger partial charge in [-0.2, -0.15) is 8.78 Å². The number of carbonyl (C=O) groups is 2. The Bertz CT molecular complexity index is 543. The SMILES string of the molecule is CN(CCC(=O)O)C(=O)NCc1cc(Cl)ccc1OC(F)F. The highest BCUT2D eigenvalue weighted by atomic mass is 35.5. The van der Waals surface area contributed by atoms with E-state index >= 15 is 0 Å². The number of nitrogens with one attached hydrogen (secondary N) is 1. The molecule has 0 fully saturated rings. The number of hydrogen-bond donors (Lipinski definition) is 2. The molecule has 1 rings (SSSR count). The normalized spacial score (nSPS) is 10.4. The number of halogens is 3. The van der Waals surface area contributed by atoms with Crippen molar-refractivity contribution in [3.63, 3.8) is 0 Å². The second-order valence-electron chi connectivity index (χ2n) is 4.35. The lowest BCUT2D eigenvalue weighted by Crippen LogP contribution is -2.38. The van der Waals surface area contributed by atoms with Gasteiger partial charge < -0.3 is 20.1 Å². The maximum atomic E-state index is 12.3. The molecule has 9 heteroatoms. The van der Waals surface area contributed by atoms with E-state index in [-0.39, 0.29) is 30.8 Å². The van der Waals surface area contributed by atoms with Crippen molar-refractivity contribution in [3.8, 4) is 5.75 Å². The fourth-order valence-electron chi connectivity index (χ4n) is 1.57. The van der Waals surface area contributed by atoms with Crippen molar-refractivity contribution in [2.45, 2.75) is 19.6 Å². The number of aliphatic carboxylic acids is 1. The molecule has 1 aromatic rings. The number of benzene rings is 1. The fraction of sp³-hybridized carbons (Fsp3) is 0.385. The Labute approximate surface area is 130 Å². The highest BCUT2D eigenvalue weighted by molar-refractivity contribution is 6.30. The zero-order valence-corrected chi connectivity index (χ0v) is 12.4. The van der Waals surface area contributed by atoms with Gasteiger partial charge in [-0.25, -0.2) is 4.79 Å². The average molecular weight is 337 g/mol. The zero-order valence-electron chi connectivity index (χ0n) is 11.7. The van der Waals surface area contributed by atoms with Crippen molar-refractivity contribution >= 4 is 23.6 Å². The number of amides is 2. The second kappa shape index (κ2) is 8.38. The Morgan fingerprint density at radius 1 is 1.45 bits per heavy atom. The molecule has 0 spiro atoms. The van der Waals surface area contributed by atoms with Crippen LogP contribution in [0.15, 0.2) is 18.2 Å². The minimum atomic E-state index is -2.99. The van der Waals surface area contributed by atoms with Crippen LogP contribution in [0.3, 0.4) is 0 Å². The van der Waals surface area contributed by atoms with Gasteiger partial charge in [-0.1, -0.05) is 11.6 Å². The van der Waals surface area contributed by atoms with E-state index in [0.29, 0.717) is 5.02 Å². The summed E-state index contributed by atoms with van der Waals surface area (Å²) in [5, 5.41) is 11.3. The molecule has 0 aliphatic rings. The predicted molar refractivity (Wildman–Crippen MR) is 75.2 cm³/mol. The molecule has 0 aliphatic heterocycles. The van der Waals surface area contributed by atoms with Gasteiger partial charge in [-0.3, -0.25) is 4.79 Å². The van der Waals surface area contributed by atoms with Crippen LogP contribution in [0.1, 0.15) is 12.0 Å². The monoisotopic (exact) mass is 336 g/mol. The number of carbonyl (C=O) groups excluding carboxylic acids is 1. The quantitative estimate of drug-likeness (QED) is 0.802. The number of carboxylic acids is 1. The summed E-state index contributed by atoms with van der Waals surface area (Å²) in [7, 11) is 1.42. The van der Waals surface area contributed by atoms with E-state index in [1.54, 1.807) is 0 Å². The van der Waals surface area contributed by atoms with Crippen LogP contribution in [0.25, 0.3) is 0 Å². The lowest BCUT2D eigenvalue weighted by Gasteiger charge is -2.18. The van der Waals surface area contributed by atoms with Gasteiger partial charge in [0, 0.05) is 30.7 Å². The van der Waals surface area contributed by atoms with Crippen molar-refractivity contribution in [1.29, 1.82) is 0 Å². The molecule has 0 saturated carbocycles. The number of ether oxygens (including phenoxy) is 1. The van der Waals surface area contributed by atoms with Crippen molar-refractivity contribution in [2.24, 2.45) is 0 Å². The standard InChI is InChI=1S/C13H15ClF2N2O4/c1-18(5-4-11(19)20)13(21)17-7-8-6-9(14)2-3-10(8)22-12(15)16/h2-3,6,12H,4-5,7H2,1H3,(H,17,21)(H,19,20). The molecular formula is C13H15ClF2N2O4. The molecule has 0 aromatic heterocycles. The lowest BCUT2D eigenvalue weighted by molar-refractivity contribution is -0.137. The Morgan fingerprint density at radius 2 is 2.14 bits per heavy atom. The molecular weight excluding hydrogens is 322 g/mol. The number of hydrogen-bond acceptors (Lipinski definition) is 3. The van der Waals surface area contributed by atoms with E-state index in [1.807, 2.05) is 0 Å². The molecule has 2 N–H and O–H groups in total. The number of carboxylic acid groups (broad SMARTS) is 1. The van der Waals surface area contributed by atoms with E-state index in [2.05, 4.69) is 10.1 Å². The van der Waals surface area contributed by atoms with Crippen LogP contribution in [0, 0.1) is 0 Å². The smallest absolute Gasteiger partial charge is 0.387 e. The molecule has 0 radical (unpaired) electrons. The van der Waals surface area contributed by atoms with Gasteiger partial charge in [0.05, 0.1) is 6.42 Å². The summed E-state index contributed by atoms with van der Waals surface area (Å²) in [4.78, 5) is 23.4. The third kappa shape index (κ3) is 6.13. The fourth-order valence-corrected chi connectivity index (χ4v) is 1.76. The highest BCUT2D eigenvalue weighted by Crippen LogP contribution is 2.24. The van der Waals surface area contributed by atoms with E-state index in [0.717, 1.165) is 0 Å².